The van der Waals surface area contributed by atoms with Crippen molar-refractivity contribution in [3.63, 3.8) is 0 Å². The second-order valence-corrected chi connectivity index (χ2v) is 7.31. The number of aryl methyl sites for hydroxylation is 1. The standard InChI is InChI=1S/C25H30N2O5/c1-5-17-8-11-19(12-9-17)26-23-22(18-10-13-20(30-3)21(16-18)31-4)24(28)27(25(23)29)14-7-15-32-6-2/h8-13,16,26H,5-7,14-15H2,1-4H3. The second-order valence-electron chi connectivity index (χ2n) is 7.31. The minimum Gasteiger partial charge on any atom is -0.493 e. The van der Waals surface area contributed by atoms with E-state index in [-0.39, 0.29) is 24.1 Å². The molecule has 3 rings (SSSR count). The molecule has 0 saturated carbocycles. The lowest BCUT2D eigenvalue weighted by Crippen LogP contribution is -2.34. The topological polar surface area (TPSA) is 77.1 Å². The number of hydrogen-bond acceptors (Lipinski definition) is 6. The highest BCUT2D eigenvalue weighted by Crippen LogP contribution is 2.35. The molecule has 2 aromatic rings. The van der Waals surface area contributed by atoms with E-state index in [2.05, 4.69) is 12.2 Å². The molecule has 0 radical (unpaired) electrons. The van der Waals surface area contributed by atoms with Gasteiger partial charge in [0, 0.05) is 25.4 Å². The second kappa shape index (κ2) is 10.8. The average Bonchev–Trinajstić information content (AvgIpc) is 3.05. The number of carbonyl (C=O) groups excluding carboxylic acids is 2. The number of nitrogens with zero attached hydrogens (tertiary/aromatic N) is 1. The molecule has 0 fully saturated rings. The van der Waals surface area contributed by atoms with Crippen LogP contribution in [0, 0.1) is 0 Å². The fourth-order valence-electron chi connectivity index (χ4n) is 3.59. The summed E-state index contributed by atoms with van der Waals surface area (Å²) in [5, 5.41) is 3.18. The third kappa shape index (κ3) is 4.94. The first kappa shape index (κ1) is 23.3. The van der Waals surface area contributed by atoms with Crippen molar-refractivity contribution in [2.24, 2.45) is 0 Å². The fraction of sp³-hybridized carbons (Fsp3) is 0.360. The number of ether oxygens (including phenoxy) is 3. The summed E-state index contributed by atoms with van der Waals surface area (Å²) in [5.41, 5.74) is 3.08. The molecule has 32 heavy (non-hydrogen) atoms. The number of rotatable bonds is 11. The Morgan fingerprint density at radius 3 is 2.25 bits per heavy atom. The monoisotopic (exact) mass is 438 g/mol. The number of anilines is 1. The molecule has 1 N–H and O–H groups in total. The van der Waals surface area contributed by atoms with Gasteiger partial charge in [0.25, 0.3) is 11.8 Å². The van der Waals surface area contributed by atoms with Crippen LogP contribution >= 0.6 is 0 Å². The van der Waals surface area contributed by atoms with Crippen molar-refractivity contribution >= 4 is 23.1 Å². The van der Waals surface area contributed by atoms with Gasteiger partial charge in [-0.3, -0.25) is 14.5 Å². The first-order valence-corrected chi connectivity index (χ1v) is 10.8. The number of benzene rings is 2. The van der Waals surface area contributed by atoms with Crippen LogP contribution in [0.2, 0.25) is 0 Å². The van der Waals surface area contributed by atoms with Gasteiger partial charge in [0.2, 0.25) is 0 Å². The van der Waals surface area contributed by atoms with Crippen LogP contribution in [-0.4, -0.2) is 50.7 Å². The molecule has 1 aliphatic heterocycles. The van der Waals surface area contributed by atoms with Crippen LogP contribution in [0.25, 0.3) is 5.57 Å². The number of amides is 2. The lowest BCUT2D eigenvalue weighted by atomic mass is 10.0. The van der Waals surface area contributed by atoms with Crippen LogP contribution in [-0.2, 0) is 20.7 Å². The van der Waals surface area contributed by atoms with Crippen molar-refractivity contribution in [1.82, 2.24) is 4.90 Å². The van der Waals surface area contributed by atoms with Crippen LogP contribution < -0.4 is 14.8 Å². The van der Waals surface area contributed by atoms with Gasteiger partial charge >= 0.3 is 0 Å². The van der Waals surface area contributed by atoms with Crippen molar-refractivity contribution in [3.8, 4) is 11.5 Å². The maximum Gasteiger partial charge on any atom is 0.278 e. The van der Waals surface area contributed by atoms with E-state index in [4.69, 9.17) is 14.2 Å². The fourth-order valence-corrected chi connectivity index (χ4v) is 3.59. The first-order chi connectivity index (χ1) is 15.5. The van der Waals surface area contributed by atoms with E-state index in [9.17, 15) is 9.59 Å². The Morgan fingerprint density at radius 1 is 0.906 bits per heavy atom. The molecule has 7 nitrogen and oxygen atoms in total. The molecule has 0 aliphatic carbocycles. The number of methoxy groups -OCH3 is 2. The summed E-state index contributed by atoms with van der Waals surface area (Å²) in [4.78, 5) is 27.9. The van der Waals surface area contributed by atoms with Gasteiger partial charge < -0.3 is 19.5 Å². The molecule has 170 valence electrons. The van der Waals surface area contributed by atoms with E-state index in [1.165, 1.54) is 17.6 Å². The Hall–Kier alpha value is -3.32. The lowest BCUT2D eigenvalue weighted by Gasteiger charge is -2.15. The maximum atomic E-state index is 13.3. The quantitative estimate of drug-likeness (QED) is 0.424. The number of imide groups is 1. The van der Waals surface area contributed by atoms with Crippen molar-refractivity contribution in [1.29, 1.82) is 0 Å². The molecule has 0 spiro atoms. The lowest BCUT2D eigenvalue weighted by molar-refractivity contribution is -0.137. The first-order valence-electron chi connectivity index (χ1n) is 10.8. The van der Waals surface area contributed by atoms with E-state index in [1.807, 2.05) is 31.2 Å². The van der Waals surface area contributed by atoms with Gasteiger partial charge in [0.15, 0.2) is 11.5 Å². The van der Waals surface area contributed by atoms with Crippen molar-refractivity contribution in [2.45, 2.75) is 26.7 Å². The predicted molar refractivity (Wildman–Crippen MR) is 124 cm³/mol. The smallest absolute Gasteiger partial charge is 0.278 e. The molecule has 2 aromatic carbocycles. The van der Waals surface area contributed by atoms with Gasteiger partial charge in [-0.25, -0.2) is 0 Å². The van der Waals surface area contributed by atoms with Gasteiger partial charge in [-0.15, -0.1) is 0 Å². The average molecular weight is 439 g/mol. The molecular weight excluding hydrogens is 408 g/mol. The Morgan fingerprint density at radius 2 is 1.62 bits per heavy atom. The van der Waals surface area contributed by atoms with E-state index < -0.39 is 0 Å². The molecular formula is C25H30N2O5. The van der Waals surface area contributed by atoms with Gasteiger partial charge in [-0.2, -0.15) is 0 Å². The molecule has 0 aromatic heterocycles. The maximum absolute atomic E-state index is 13.3. The van der Waals surface area contributed by atoms with Crippen LogP contribution in [0.3, 0.4) is 0 Å². The van der Waals surface area contributed by atoms with Gasteiger partial charge in [-0.1, -0.05) is 25.1 Å². The van der Waals surface area contributed by atoms with Crippen LogP contribution in [0.15, 0.2) is 48.2 Å². The predicted octanol–water partition coefficient (Wildman–Crippen LogP) is 3.88. The zero-order chi connectivity index (χ0) is 23.1. The van der Waals surface area contributed by atoms with Crippen molar-refractivity contribution in [2.75, 3.05) is 39.3 Å². The summed E-state index contributed by atoms with van der Waals surface area (Å²) in [7, 11) is 3.08. The summed E-state index contributed by atoms with van der Waals surface area (Å²) in [6.07, 6.45) is 1.49. The molecule has 0 unspecified atom stereocenters. The summed E-state index contributed by atoms with van der Waals surface area (Å²) < 4.78 is 16.1. The van der Waals surface area contributed by atoms with Gasteiger partial charge in [-0.05, 0) is 55.2 Å². The third-order valence-electron chi connectivity index (χ3n) is 5.35. The highest BCUT2D eigenvalue weighted by atomic mass is 16.5. The van der Waals surface area contributed by atoms with E-state index in [0.29, 0.717) is 42.3 Å². The van der Waals surface area contributed by atoms with Crippen LogP contribution in [0.1, 0.15) is 31.4 Å². The Kier molecular flexibility index (Phi) is 7.89. The Labute approximate surface area is 189 Å². The van der Waals surface area contributed by atoms with Crippen molar-refractivity contribution < 1.29 is 23.8 Å². The number of nitrogens with one attached hydrogen (secondary N) is 1. The minimum absolute atomic E-state index is 0.253. The summed E-state index contributed by atoms with van der Waals surface area (Å²) >= 11 is 0. The zero-order valence-electron chi connectivity index (χ0n) is 19.1. The largest absolute Gasteiger partial charge is 0.493 e. The Balaban J connectivity index is 1.98. The highest BCUT2D eigenvalue weighted by molar-refractivity contribution is 6.36. The number of carbonyl (C=O) groups is 2. The van der Waals surface area contributed by atoms with Gasteiger partial charge in [0.05, 0.1) is 19.8 Å². The Bertz CT molecular complexity index is 998. The van der Waals surface area contributed by atoms with Crippen LogP contribution in [0.4, 0.5) is 5.69 Å². The van der Waals surface area contributed by atoms with E-state index in [0.717, 1.165) is 12.1 Å². The van der Waals surface area contributed by atoms with E-state index >= 15 is 0 Å². The molecule has 1 heterocycles. The van der Waals surface area contributed by atoms with E-state index in [1.54, 1.807) is 25.3 Å². The highest BCUT2D eigenvalue weighted by Gasteiger charge is 2.39. The third-order valence-corrected chi connectivity index (χ3v) is 5.35. The normalized spacial score (nSPS) is 13.7. The summed E-state index contributed by atoms with van der Waals surface area (Å²) in [6.45, 7) is 5.36. The number of hydrogen-bond donors (Lipinski definition) is 1. The molecule has 0 atom stereocenters. The van der Waals surface area contributed by atoms with Gasteiger partial charge in [0.1, 0.15) is 5.70 Å². The van der Waals surface area contributed by atoms with Crippen molar-refractivity contribution in [3.05, 3.63) is 59.3 Å². The zero-order valence-corrected chi connectivity index (χ0v) is 19.1. The summed E-state index contributed by atoms with van der Waals surface area (Å²) in [5.74, 6) is 0.341. The summed E-state index contributed by atoms with van der Waals surface area (Å²) in [6, 6.07) is 13.0. The molecule has 1 aliphatic rings. The molecule has 2 amide bonds. The molecule has 0 bridgehead atoms. The van der Waals surface area contributed by atoms with Crippen LogP contribution in [0.5, 0.6) is 11.5 Å². The minimum atomic E-state index is -0.351. The molecule has 0 saturated heterocycles. The molecule has 7 heteroatoms. The SMILES string of the molecule is CCOCCCN1C(=O)C(Nc2ccc(CC)cc2)=C(c2ccc(OC)c(OC)c2)C1=O.